The molecule has 8 nitrogen and oxygen atoms in total. The third-order valence-electron chi connectivity index (χ3n) is 7.69. The van der Waals surface area contributed by atoms with Gasteiger partial charge in [0.1, 0.15) is 12.6 Å². The van der Waals surface area contributed by atoms with Crippen LogP contribution in [-0.2, 0) is 20.7 Å². The molecule has 0 bridgehead atoms. The molecule has 0 radical (unpaired) electrons. The maximum absolute atomic E-state index is 13.7. The van der Waals surface area contributed by atoms with E-state index in [0.717, 1.165) is 33.4 Å². The molecule has 8 heteroatoms. The van der Waals surface area contributed by atoms with Gasteiger partial charge in [-0.3, -0.25) is 15.0 Å². The van der Waals surface area contributed by atoms with Gasteiger partial charge in [-0.2, -0.15) is 0 Å². The minimum Gasteiger partial charge on any atom is -0.453 e. The SMILES string of the molecule is COC(=O)Nc1ccc(NC(=O)C2c3ccccc3CCN2C(=O)OCC2c3ccccc3-c3ccccc32)cc1. The average Bonchev–Trinajstić information content (AvgIpc) is 3.33. The van der Waals surface area contributed by atoms with Crippen LogP contribution < -0.4 is 10.6 Å². The number of fused-ring (bicyclic) bond motifs is 4. The van der Waals surface area contributed by atoms with Crippen molar-refractivity contribution >= 4 is 29.5 Å². The molecule has 6 rings (SSSR count). The summed E-state index contributed by atoms with van der Waals surface area (Å²) in [5, 5.41) is 5.50. The van der Waals surface area contributed by atoms with Crippen LogP contribution in [-0.4, -0.2) is 43.3 Å². The fraction of sp³-hybridized carbons (Fsp3) is 0.182. The summed E-state index contributed by atoms with van der Waals surface area (Å²) in [6, 6.07) is 29.8. The molecule has 41 heavy (non-hydrogen) atoms. The van der Waals surface area contributed by atoms with E-state index < -0.39 is 18.2 Å². The second-order valence-corrected chi connectivity index (χ2v) is 10.0. The highest BCUT2D eigenvalue weighted by molar-refractivity contribution is 5.98. The Balaban J connectivity index is 1.21. The number of hydrogen-bond donors (Lipinski definition) is 2. The second-order valence-electron chi connectivity index (χ2n) is 10.0. The molecule has 0 spiro atoms. The predicted molar refractivity (Wildman–Crippen MR) is 156 cm³/mol. The van der Waals surface area contributed by atoms with Gasteiger partial charge < -0.3 is 14.8 Å². The Morgan fingerprint density at radius 3 is 1.95 bits per heavy atom. The molecular weight excluding hydrogens is 518 g/mol. The Morgan fingerprint density at radius 1 is 0.756 bits per heavy atom. The lowest BCUT2D eigenvalue weighted by Gasteiger charge is -2.35. The van der Waals surface area contributed by atoms with Gasteiger partial charge in [-0.05, 0) is 64.1 Å². The molecule has 0 saturated carbocycles. The fourth-order valence-corrected chi connectivity index (χ4v) is 5.74. The number of ether oxygens (including phenoxy) is 2. The van der Waals surface area contributed by atoms with Gasteiger partial charge in [0.2, 0.25) is 0 Å². The number of methoxy groups -OCH3 is 1. The summed E-state index contributed by atoms with van der Waals surface area (Å²) in [6.45, 7) is 0.530. The van der Waals surface area contributed by atoms with Gasteiger partial charge in [0, 0.05) is 23.8 Å². The van der Waals surface area contributed by atoms with E-state index in [2.05, 4.69) is 39.6 Å². The summed E-state index contributed by atoms with van der Waals surface area (Å²) >= 11 is 0. The molecule has 4 aromatic carbocycles. The van der Waals surface area contributed by atoms with Crippen LogP contribution in [0.25, 0.3) is 11.1 Å². The lowest BCUT2D eigenvalue weighted by atomic mass is 9.92. The summed E-state index contributed by atoms with van der Waals surface area (Å²) in [5.74, 6) is -0.424. The van der Waals surface area contributed by atoms with Crippen LogP contribution in [0.1, 0.15) is 34.2 Å². The third-order valence-corrected chi connectivity index (χ3v) is 7.69. The van der Waals surface area contributed by atoms with Crippen molar-refractivity contribution in [2.75, 3.05) is 30.9 Å². The first-order valence-corrected chi connectivity index (χ1v) is 13.5. The zero-order valence-corrected chi connectivity index (χ0v) is 22.5. The Hall–Kier alpha value is -5.11. The molecule has 206 valence electrons. The van der Waals surface area contributed by atoms with Gasteiger partial charge in [0.05, 0.1) is 7.11 Å². The van der Waals surface area contributed by atoms with Crippen LogP contribution in [0, 0.1) is 0 Å². The number of benzene rings is 4. The molecule has 0 aromatic heterocycles. The highest BCUT2D eigenvalue weighted by atomic mass is 16.6. The molecule has 1 atom stereocenters. The van der Waals surface area contributed by atoms with Crippen molar-refractivity contribution in [1.82, 2.24) is 4.90 Å². The van der Waals surface area contributed by atoms with E-state index in [1.165, 1.54) is 12.0 Å². The Morgan fingerprint density at radius 2 is 1.32 bits per heavy atom. The largest absolute Gasteiger partial charge is 0.453 e. The van der Waals surface area contributed by atoms with Crippen LogP contribution in [0.3, 0.4) is 0 Å². The molecule has 4 aromatic rings. The van der Waals surface area contributed by atoms with Crippen LogP contribution in [0.5, 0.6) is 0 Å². The van der Waals surface area contributed by atoms with Crippen molar-refractivity contribution in [2.24, 2.45) is 0 Å². The van der Waals surface area contributed by atoms with Gasteiger partial charge in [-0.15, -0.1) is 0 Å². The average molecular weight is 548 g/mol. The van der Waals surface area contributed by atoms with Gasteiger partial charge >= 0.3 is 12.2 Å². The highest BCUT2D eigenvalue weighted by Crippen LogP contribution is 2.44. The van der Waals surface area contributed by atoms with Gasteiger partial charge in [-0.25, -0.2) is 9.59 Å². The van der Waals surface area contributed by atoms with E-state index in [4.69, 9.17) is 4.74 Å². The van der Waals surface area contributed by atoms with Crippen molar-refractivity contribution in [3.8, 4) is 11.1 Å². The maximum atomic E-state index is 13.7. The normalized spacial score (nSPS) is 15.2. The van der Waals surface area contributed by atoms with E-state index in [1.807, 2.05) is 48.5 Å². The Kier molecular flexibility index (Phi) is 7.12. The molecule has 0 fully saturated rings. The maximum Gasteiger partial charge on any atom is 0.411 e. The lowest BCUT2D eigenvalue weighted by molar-refractivity contribution is -0.121. The van der Waals surface area contributed by atoms with E-state index in [-0.39, 0.29) is 18.4 Å². The molecule has 1 aliphatic carbocycles. The Labute approximate surface area is 237 Å². The molecule has 0 saturated heterocycles. The van der Waals surface area contributed by atoms with Crippen LogP contribution >= 0.6 is 0 Å². The topological polar surface area (TPSA) is 97.0 Å². The molecule has 1 unspecified atom stereocenters. The van der Waals surface area contributed by atoms with E-state index in [9.17, 15) is 14.4 Å². The van der Waals surface area contributed by atoms with Crippen LogP contribution in [0.15, 0.2) is 97.1 Å². The van der Waals surface area contributed by atoms with Crippen molar-refractivity contribution in [3.63, 3.8) is 0 Å². The fourth-order valence-electron chi connectivity index (χ4n) is 5.74. The smallest absolute Gasteiger partial charge is 0.411 e. The molecule has 2 N–H and O–H groups in total. The summed E-state index contributed by atoms with van der Waals surface area (Å²) in [7, 11) is 1.29. The second kappa shape index (κ2) is 11.2. The summed E-state index contributed by atoms with van der Waals surface area (Å²) in [5.41, 5.74) is 7.41. The third kappa shape index (κ3) is 5.12. The van der Waals surface area contributed by atoms with Crippen molar-refractivity contribution in [3.05, 3.63) is 119 Å². The number of nitrogens with zero attached hydrogens (tertiary/aromatic N) is 1. The van der Waals surface area contributed by atoms with Gasteiger partial charge in [-0.1, -0.05) is 72.8 Å². The van der Waals surface area contributed by atoms with Gasteiger partial charge in [0.25, 0.3) is 5.91 Å². The molecule has 3 amide bonds. The predicted octanol–water partition coefficient (Wildman–Crippen LogP) is 6.35. The number of anilines is 2. The number of carbonyl (C=O) groups is 3. The number of hydrogen-bond acceptors (Lipinski definition) is 5. The molecule has 1 aliphatic heterocycles. The summed E-state index contributed by atoms with van der Waals surface area (Å²) in [6.07, 6.45) is -0.489. The van der Waals surface area contributed by atoms with Crippen molar-refractivity contribution in [2.45, 2.75) is 18.4 Å². The lowest BCUT2D eigenvalue weighted by Crippen LogP contribution is -2.45. The van der Waals surface area contributed by atoms with Gasteiger partial charge in [0.15, 0.2) is 0 Å². The minimum absolute atomic E-state index is 0.0761. The summed E-state index contributed by atoms with van der Waals surface area (Å²) < 4.78 is 10.6. The standard InChI is InChI=1S/C33H29N3O5/c1-40-32(38)35-23-16-14-22(15-17-23)34-31(37)30-24-9-3-2-8-21(24)18-19-36(30)33(39)41-20-29-27-12-6-4-10-25(27)26-11-5-7-13-28(26)29/h2-17,29-30H,18-20H2,1H3,(H,34,37)(H,35,38). The molecule has 2 aliphatic rings. The molecule has 1 heterocycles. The minimum atomic E-state index is -0.858. The Bertz CT molecular complexity index is 1570. The number of rotatable bonds is 5. The quantitative estimate of drug-likeness (QED) is 0.303. The molecular formula is C33H29N3O5. The number of nitrogens with one attached hydrogen (secondary N) is 2. The van der Waals surface area contributed by atoms with E-state index in [1.54, 1.807) is 24.3 Å². The van der Waals surface area contributed by atoms with E-state index >= 15 is 0 Å². The zero-order valence-electron chi connectivity index (χ0n) is 22.5. The first-order chi connectivity index (χ1) is 20.0. The van der Waals surface area contributed by atoms with Crippen molar-refractivity contribution < 1.29 is 23.9 Å². The van der Waals surface area contributed by atoms with E-state index in [0.29, 0.717) is 24.3 Å². The first-order valence-electron chi connectivity index (χ1n) is 13.5. The van der Waals surface area contributed by atoms with Crippen LogP contribution in [0.4, 0.5) is 21.0 Å². The van der Waals surface area contributed by atoms with Crippen molar-refractivity contribution in [1.29, 1.82) is 0 Å². The van der Waals surface area contributed by atoms with Crippen LogP contribution in [0.2, 0.25) is 0 Å². The first kappa shape index (κ1) is 26.1. The summed E-state index contributed by atoms with van der Waals surface area (Å²) in [4.78, 5) is 40.3. The monoisotopic (exact) mass is 547 g/mol. The number of carbonyl (C=O) groups excluding carboxylic acids is 3. The zero-order chi connectivity index (χ0) is 28.3. The number of amides is 3. The highest BCUT2D eigenvalue weighted by Gasteiger charge is 2.38.